The summed E-state index contributed by atoms with van der Waals surface area (Å²) in [5, 5.41) is 0. The van der Waals surface area contributed by atoms with Crippen molar-refractivity contribution in [3.63, 3.8) is 0 Å². The summed E-state index contributed by atoms with van der Waals surface area (Å²) in [5.41, 5.74) is 5.35. The summed E-state index contributed by atoms with van der Waals surface area (Å²) >= 11 is 0. The molecule has 8 heteroatoms. The Balaban J connectivity index is 2.48. The van der Waals surface area contributed by atoms with Gasteiger partial charge in [-0.3, -0.25) is 4.72 Å². The fraction of sp³-hybridized carbons (Fsp3) is 0.0769. The highest BCUT2D eigenvalue weighted by molar-refractivity contribution is 7.92. The average Bonchev–Trinajstić information content (AvgIpc) is 2.37. The number of halogens is 3. The normalized spacial score (nSPS) is 11.4. The summed E-state index contributed by atoms with van der Waals surface area (Å²) in [6.07, 6.45) is 0. The van der Waals surface area contributed by atoms with E-state index in [-0.39, 0.29) is 5.69 Å². The molecule has 4 nitrogen and oxygen atoms in total. The van der Waals surface area contributed by atoms with Crippen molar-refractivity contribution >= 4 is 21.4 Å². The second kappa shape index (κ2) is 5.28. The molecule has 0 atom stereocenters. The van der Waals surface area contributed by atoms with Crippen LogP contribution in [0.4, 0.5) is 24.5 Å². The quantitative estimate of drug-likeness (QED) is 0.855. The lowest BCUT2D eigenvalue weighted by molar-refractivity contribution is 0.568. The number of rotatable bonds is 3. The van der Waals surface area contributed by atoms with Crippen LogP contribution in [0.3, 0.4) is 0 Å². The van der Waals surface area contributed by atoms with Crippen molar-refractivity contribution in [3.8, 4) is 0 Å². The van der Waals surface area contributed by atoms with Gasteiger partial charge in [-0.25, -0.2) is 21.6 Å². The van der Waals surface area contributed by atoms with Crippen LogP contribution in [0.25, 0.3) is 0 Å². The molecule has 0 fully saturated rings. The van der Waals surface area contributed by atoms with Crippen LogP contribution in [0, 0.1) is 24.4 Å². The molecule has 0 saturated carbocycles. The highest BCUT2D eigenvalue weighted by Gasteiger charge is 2.22. The van der Waals surface area contributed by atoms with Crippen LogP contribution in [-0.4, -0.2) is 8.42 Å². The molecule has 0 aliphatic carbocycles. The largest absolute Gasteiger partial charge is 0.398 e. The predicted molar refractivity (Wildman–Crippen MR) is 72.7 cm³/mol. The van der Waals surface area contributed by atoms with Gasteiger partial charge in [-0.05, 0) is 36.8 Å². The van der Waals surface area contributed by atoms with Gasteiger partial charge in [-0.2, -0.15) is 0 Å². The maximum absolute atomic E-state index is 13.8. The molecule has 0 bridgehead atoms. The zero-order chi connectivity index (χ0) is 15.8. The Morgan fingerprint density at radius 1 is 1.05 bits per heavy atom. The molecule has 0 spiro atoms. The summed E-state index contributed by atoms with van der Waals surface area (Å²) < 4.78 is 66.1. The maximum Gasteiger partial charge on any atom is 0.264 e. The van der Waals surface area contributed by atoms with Crippen molar-refractivity contribution in [1.82, 2.24) is 0 Å². The van der Waals surface area contributed by atoms with Gasteiger partial charge < -0.3 is 5.73 Å². The second-order valence-corrected chi connectivity index (χ2v) is 6.02. The highest BCUT2D eigenvalue weighted by Crippen LogP contribution is 2.25. The maximum atomic E-state index is 13.8. The Morgan fingerprint density at radius 2 is 1.71 bits per heavy atom. The van der Waals surface area contributed by atoms with Crippen molar-refractivity contribution in [2.24, 2.45) is 0 Å². The lowest BCUT2D eigenvalue weighted by Gasteiger charge is -2.11. The van der Waals surface area contributed by atoms with Crippen LogP contribution in [0.2, 0.25) is 0 Å². The zero-order valence-corrected chi connectivity index (χ0v) is 11.6. The van der Waals surface area contributed by atoms with Gasteiger partial charge in [0.05, 0.1) is 5.69 Å². The zero-order valence-electron chi connectivity index (χ0n) is 10.8. The first-order chi connectivity index (χ1) is 9.70. The first kappa shape index (κ1) is 15.2. The van der Waals surface area contributed by atoms with Gasteiger partial charge in [-0.1, -0.05) is 0 Å². The first-order valence-corrected chi connectivity index (χ1v) is 7.22. The van der Waals surface area contributed by atoms with Crippen molar-refractivity contribution in [3.05, 3.63) is 53.3 Å². The molecular weight excluding hydrogens is 305 g/mol. The molecule has 0 heterocycles. The van der Waals surface area contributed by atoms with Crippen LogP contribution in [0.5, 0.6) is 0 Å². The van der Waals surface area contributed by atoms with E-state index in [0.717, 1.165) is 24.3 Å². The fourth-order valence-corrected chi connectivity index (χ4v) is 2.80. The van der Waals surface area contributed by atoms with E-state index in [1.54, 1.807) is 4.72 Å². The standard InChI is InChI=1S/C13H11F3N2O2S/c1-7-4-10(16)13(6-11(7)17)21(19,20)18-12-5-8(14)2-3-9(12)15/h2-6,18H,17H2,1H3. The Labute approximate surface area is 119 Å². The molecule has 21 heavy (non-hydrogen) atoms. The number of hydrogen-bond donors (Lipinski definition) is 2. The molecule has 0 aliphatic heterocycles. The number of nitrogens with two attached hydrogens (primary N) is 1. The molecule has 0 aliphatic rings. The van der Waals surface area contributed by atoms with E-state index in [2.05, 4.69) is 0 Å². The fourth-order valence-electron chi connectivity index (χ4n) is 1.65. The van der Waals surface area contributed by atoms with E-state index in [1.807, 2.05) is 0 Å². The minimum atomic E-state index is -4.43. The predicted octanol–water partition coefficient (Wildman–Crippen LogP) is 2.80. The van der Waals surface area contributed by atoms with Gasteiger partial charge in [0.25, 0.3) is 10.0 Å². The van der Waals surface area contributed by atoms with E-state index in [1.165, 1.54) is 6.92 Å². The third-order valence-electron chi connectivity index (χ3n) is 2.78. The van der Waals surface area contributed by atoms with Gasteiger partial charge >= 0.3 is 0 Å². The van der Waals surface area contributed by atoms with Crippen LogP contribution in [0.15, 0.2) is 35.2 Å². The Hall–Kier alpha value is -2.22. The third kappa shape index (κ3) is 3.10. The molecule has 0 radical (unpaired) electrons. The smallest absolute Gasteiger partial charge is 0.264 e. The first-order valence-electron chi connectivity index (χ1n) is 5.74. The lowest BCUT2D eigenvalue weighted by Crippen LogP contribution is -2.16. The van der Waals surface area contributed by atoms with Crippen LogP contribution < -0.4 is 10.5 Å². The molecule has 112 valence electrons. The molecule has 2 aromatic carbocycles. The summed E-state index contributed by atoms with van der Waals surface area (Å²) in [6, 6.07) is 4.11. The Kier molecular flexibility index (Phi) is 3.82. The molecular formula is C13H11F3N2O2S. The van der Waals surface area contributed by atoms with Gasteiger partial charge in [0.15, 0.2) is 0 Å². The molecule has 0 saturated heterocycles. The van der Waals surface area contributed by atoms with Crippen molar-refractivity contribution in [1.29, 1.82) is 0 Å². The molecule has 0 amide bonds. The number of aryl methyl sites for hydroxylation is 1. The number of anilines is 2. The summed E-state index contributed by atoms with van der Waals surface area (Å²) in [7, 11) is -4.43. The third-order valence-corrected chi connectivity index (χ3v) is 4.16. The van der Waals surface area contributed by atoms with E-state index in [9.17, 15) is 21.6 Å². The van der Waals surface area contributed by atoms with Crippen LogP contribution in [0.1, 0.15) is 5.56 Å². The SMILES string of the molecule is Cc1cc(F)c(S(=O)(=O)Nc2cc(F)ccc2F)cc1N. The van der Waals surface area contributed by atoms with E-state index in [0.29, 0.717) is 11.6 Å². The van der Waals surface area contributed by atoms with Crippen LogP contribution >= 0.6 is 0 Å². The van der Waals surface area contributed by atoms with E-state index >= 15 is 0 Å². The number of nitrogens with one attached hydrogen (secondary N) is 1. The average molecular weight is 316 g/mol. The summed E-state index contributed by atoms with van der Waals surface area (Å²) in [6.45, 7) is 1.51. The second-order valence-electron chi connectivity index (χ2n) is 4.37. The summed E-state index contributed by atoms with van der Waals surface area (Å²) in [5.74, 6) is -2.86. The topological polar surface area (TPSA) is 72.2 Å². The number of benzene rings is 2. The minimum absolute atomic E-state index is 0.0662. The Morgan fingerprint density at radius 3 is 2.38 bits per heavy atom. The van der Waals surface area contributed by atoms with Crippen LogP contribution in [-0.2, 0) is 10.0 Å². The molecule has 0 aromatic heterocycles. The van der Waals surface area contributed by atoms with Crippen molar-refractivity contribution in [2.75, 3.05) is 10.5 Å². The number of nitrogen functional groups attached to an aromatic ring is 1. The molecule has 2 aromatic rings. The lowest BCUT2D eigenvalue weighted by atomic mass is 10.2. The van der Waals surface area contributed by atoms with Gasteiger partial charge in [0.1, 0.15) is 22.3 Å². The molecule has 2 rings (SSSR count). The minimum Gasteiger partial charge on any atom is -0.398 e. The highest BCUT2D eigenvalue weighted by atomic mass is 32.2. The van der Waals surface area contributed by atoms with E-state index < -0.39 is 38.1 Å². The van der Waals surface area contributed by atoms with Crippen molar-refractivity contribution in [2.45, 2.75) is 11.8 Å². The van der Waals surface area contributed by atoms with Crippen molar-refractivity contribution < 1.29 is 21.6 Å². The van der Waals surface area contributed by atoms with E-state index in [4.69, 9.17) is 5.73 Å². The number of hydrogen-bond acceptors (Lipinski definition) is 3. The molecule has 3 N–H and O–H groups in total. The number of sulfonamides is 1. The Bertz CT molecular complexity index is 807. The molecule has 0 unspecified atom stereocenters. The monoisotopic (exact) mass is 316 g/mol. The van der Waals surface area contributed by atoms with Gasteiger partial charge in [0, 0.05) is 11.8 Å². The van der Waals surface area contributed by atoms with Gasteiger partial charge in [-0.15, -0.1) is 0 Å². The van der Waals surface area contributed by atoms with Gasteiger partial charge in [0.2, 0.25) is 0 Å². The summed E-state index contributed by atoms with van der Waals surface area (Å²) in [4.78, 5) is -0.741.